The van der Waals surface area contributed by atoms with E-state index in [2.05, 4.69) is 28.2 Å². The summed E-state index contributed by atoms with van der Waals surface area (Å²) in [7, 11) is 0. The highest BCUT2D eigenvalue weighted by Crippen LogP contribution is 2.31. The molecule has 1 aromatic heterocycles. The van der Waals surface area contributed by atoms with E-state index in [0.717, 1.165) is 32.4 Å². The Bertz CT molecular complexity index is 553. The highest BCUT2D eigenvalue weighted by molar-refractivity contribution is 9.10. The third-order valence-corrected chi connectivity index (χ3v) is 3.94. The number of benzene rings is 1. The molecule has 96 valence electrons. The van der Waals surface area contributed by atoms with Crippen LogP contribution in [-0.2, 0) is 4.74 Å². The van der Waals surface area contributed by atoms with Crippen LogP contribution < -0.4 is 5.32 Å². The zero-order chi connectivity index (χ0) is 13.0. The number of ether oxygens (including phenoxy) is 1. The van der Waals surface area contributed by atoms with Gasteiger partial charge in [0.05, 0.1) is 11.6 Å². The van der Waals surface area contributed by atoms with Crippen LogP contribution in [0, 0.1) is 0 Å². The van der Waals surface area contributed by atoms with E-state index in [1.165, 1.54) is 11.3 Å². The number of halogens is 1. The average Bonchev–Trinajstić information content (AvgIpc) is 2.70. The van der Waals surface area contributed by atoms with Crippen LogP contribution in [0.4, 0.5) is 9.80 Å². The summed E-state index contributed by atoms with van der Waals surface area (Å²) in [4.78, 5) is 11.5. The van der Waals surface area contributed by atoms with Gasteiger partial charge in [-0.2, -0.15) is 0 Å². The molecule has 0 saturated carbocycles. The molecule has 2 aromatic rings. The van der Waals surface area contributed by atoms with Crippen molar-refractivity contribution in [3.05, 3.63) is 28.7 Å². The SMILES string of the molecule is CCCCOC(=O)Nc1cc2ccc(Br)cc2s1. The predicted octanol–water partition coefficient (Wildman–Crippen LogP) is 5.01. The van der Waals surface area contributed by atoms with Crippen LogP contribution in [0.3, 0.4) is 0 Å². The first kappa shape index (κ1) is 13.4. The molecule has 5 heteroatoms. The highest BCUT2D eigenvalue weighted by atomic mass is 79.9. The van der Waals surface area contributed by atoms with Crippen LogP contribution in [0.1, 0.15) is 19.8 Å². The molecule has 1 aromatic carbocycles. The van der Waals surface area contributed by atoms with Crippen molar-refractivity contribution in [3.63, 3.8) is 0 Å². The number of carbonyl (C=O) groups is 1. The number of fused-ring (bicyclic) bond motifs is 1. The average molecular weight is 328 g/mol. The molecule has 0 atom stereocenters. The molecule has 0 saturated heterocycles. The molecule has 1 N–H and O–H groups in total. The molecular formula is C13H14BrNO2S. The van der Waals surface area contributed by atoms with Crippen molar-refractivity contribution >= 4 is 48.4 Å². The number of hydrogen-bond acceptors (Lipinski definition) is 3. The Morgan fingerprint density at radius 3 is 3.06 bits per heavy atom. The standard InChI is InChI=1S/C13H14BrNO2S/c1-2-3-6-17-13(16)15-12-7-9-4-5-10(14)8-11(9)18-12/h4-5,7-8H,2-3,6H2,1H3,(H,15,16). The molecule has 1 heterocycles. The van der Waals surface area contributed by atoms with E-state index in [1.54, 1.807) is 0 Å². The summed E-state index contributed by atoms with van der Waals surface area (Å²) in [6, 6.07) is 7.99. The summed E-state index contributed by atoms with van der Waals surface area (Å²) in [5, 5.41) is 4.68. The number of carbonyl (C=O) groups excluding carboxylic acids is 1. The van der Waals surface area contributed by atoms with Crippen molar-refractivity contribution in [2.75, 3.05) is 11.9 Å². The minimum absolute atomic E-state index is 0.380. The zero-order valence-corrected chi connectivity index (χ0v) is 12.4. The van der Waals surface area contributed by atoms with Gasteiger partial charge in [-0.15, -0.1) is 11.3 Å². The van der Waals surface area contributed by atoms with E-state index in [9.17, 15) is 4.79 Å². The van der Waals surface area contributed by atoms with Crippen molar-refractivity contribution in [2.45, 2.75) is 19.8 Å². The van der Waals surface area contributed by atoms with E-state index in [1.807, 2.05) is 24.3 Å². The van der Waals surface area contributed by atoms with Crippen molar-refractivity contribution < 1.29 is 9.53 Å². The van der Waals surface area contributed by atoms with E-state index in [-0.39, 0.29) is 6.09 Å². The van der Waals surface area contributed by atoms with Gasteiger partial charge in [-0.1, -0.05) is 35.3 Å². The lowest BCUT2D eigenvalue weighted by atomic mass is 10.3. The maximum absolute atomic E-state index is 11.5. The van der Waals surface area contributed by atoms with Crippen LogP contribution >= 0.6 is 27.3 Å². The quantitative estimate of drug-likeness (QED) is 0.801. The van der Waals surface area contributed by atoms with E-state index < -0.39 is 0 Å². The van der Waals surface area contributed by atoms with Gasteiger partial charge < -0.3 is 4.74 Å². The second kappa shape index (κ2) is 6.20. The minimum Gasteiger partial charge on any atom is -0.449 e. The number of hydrogen-bond donors (Lipinski definition) is 1. The van der Waals surface area contributed by atoms with Crippen molar-refractivity contribution in [2.24, 2.45) is 0 Å². The Balaban J connectivity index is 2.01. The van der Waals surface area contributed by atoms with Crippen molar-refractivity contribution in [3.8, 4) is 0 Å². The number of unbranched alkanes of at least 4 members (excludes halogenated alkanes) is 1. The summed E-state index contributed by atoms with van der Waals surface area (Å²) < 4.78 is 7.22. The second-order valence-corrected chi connectivity index (χ2v) is 5.91. The molecular weight excluding hydrogens is 314 g/mol. The van der Waals surface area contributed by atoms with Gasteiger partial charge in [0, 0.05) is 9.17 Å². The number of anilines is 1. The van der Waals surface area contributed by atoms with Crippen LogP contribution in [0.2, 0.25) is 0 Å². The molecule has 2 rings (SSSR count). The fourth-order valence-corrected chi connectivity index (χ4v) is 3.01. The first-order chi connectivity index (χ1) is 8.69. The lowest BCUT2D eigenvalue weighted by Crippen LogP contribution is -2.13. The van der Waals surface area contributed by atoms with E-state index in [0.29, 0.717) is 6.61 Å². The first-order valence-electron chi connectivity index (χ1n) is 5.82. The topological polar surface area (TPSA) is 38.3 Å². The molecule has 0 radical (unpaired) electrons. The van der Waals surface area contributed by atoms with Gasteiger partial charge in [0.1, 0.15) is 0 Å². The summed E-state index contributed by atoms with van der Waals surface area (Å²) in [5.74, 6) is 0. The summed E-state index contributed by atoms with van der Waals surface area (Å²) in [5.41, 5.74) is 0. The Hall–Kier alpha value is -1.07. The fraction of sp³-hybridized carbons (Fsp3) is 0.308. The Morgan fingerprint density at radius 1 is 1.44 bits per heavy atom. The van der Waals surface area contributed by atoms with Crippen molar-refractivity contribution in [1.82, 2.24) is 0 Å². The third kappa shape index (κ3) is 3.46. The maximum Gasteiger partial charge on any atom is 0.412 e. The predicted molar refractivity (Wildman–Crippen MR) is 79.4 cm³/mol. The number of thiophene rings is 1. The van der Waals surface area contributed by atoms with Gasteiger partial charge in [-0.25, -0.2) is 4.79 Å². The van der Waals surface area contributed by atoms with Gasteiger partial charge in [0.2, 0.25) is 0 Å². The van der Waals surface area contributed by atoms with Gasteiger partial charge in [0.15, 0.2) is 0 Å². The van der Waals surface area contributed by atoms with Crippen molar-refractivity contribution in [1.29, 1.82) is 0 Å². The molecule has 0 aliphatic heterocycles. The zero-order valence-electron chi connectivity index (χ0n) is 10.0. The Morgan fingerprint density at radius 2 is 2.28 bits per heavy atom. The Labute approximate surface area is 118 Å². The fourth-order valence-electron chi connectivity index (χ4n) is 1.51. The monoisotopic (exact) mass is 327 g/mol. The van der Waals surface area contributed by atoms with Gasteiger partial charge in [-0.3, -0.25) is 5.32 Å². The van der Waals surface area contributed by atoms with E-state index >= 15 is 0 Å². The van der Waals surface area contributed by atoms with Crippen LogP contribution in [0.15, 0.2) is 28.7 Å². The lowest BCUT2D eigenvalue weighted by molar-refractivity contribution is 0.160. The van der Waals surface area contributed by atoms with Crippen LogP contribution in [-0.4, -0.2) is 12.7 Å². The third-order valence-electron chi connectivity index (χ3n) is 2.44. The molecule has 0 fully saturated rings. The normalized spacial score (nSPS) is 10.6. The first-order valence-corrected chi connectivity index (χ1v) is 7.43. The van der Waals surface area contributed by atoms with Gasteiger partial charge in [0.25, 0.3) is 0 Å². The highest BCUT2D eigenvalue weighted by Gasteiger charge is 2.06. The van der Waals surface area contributed by atoms with E-state index in [4.69, 9.17) is 4.74 Å². The maximum atomic E-state index is 11.5. The molecule has 18 heavy (non-hydrogen) atoms. The molecule has 0 unspecified atom stereocenters. The summed E-state index contributed by atoms with van der Waals surface area (Å²) in [6.07, 6.45) is 1.53. The lowest BCUT2D eigenvalue weighted by Gasteiger charge is -2.03. The number of amides is 1. The minimum atomic E-state index is -0.380. The molecule has 0 aliphatic rings. The molecule has 3 nitrogen and oxygen atoms in total. The van der Waals surface area contributed by atoms with Crippen LogP contribution in [0.5, 0.6) is 0 Å². The smallest absolute Gasteiger partial charge is 0.412 e. The molecule has 0 aliphatic carbocycles. The second-order valence-electron chi connectivity index (χ2n) is 3.91. The number of nitrogens with one attached hydrogen (secondary N) is 1. The largest absolute Gasteiger partial charge is 0.449 e. The molecule has 1 amide bonds. The summed E-state index contributed by atoms with van der Waals surface area (Å²) in [6.45, 7) is 2.53. The Kier molecular flexibility index (Phi) is 4.60. The summed E-state index contributed by atoms with van der Waals surface area (Å²) >= 11 is 4.97. The van der Waals surface area contributed by atoms with Gasteiger partial charge in [-0.05, 0) is 30.0 Å². The molecule has 0 spiro atoms. The molecule has 0 bridgehead atoms. The van der Waals surface area contributed by atoms with Gasteiger partial charge >= 0.3 is 6.09 Å². The number of rotatable bonds is 4. The van der Waals surface area contributed by atoms with Crippen LogP contribution in [0.25, 0.3) is 10.1 Å².